The Balaban J connectivity index is 2.54. The lowest BCUT2D eigenvalue weighted by molar-refractivity contribution is 1.21. The quantitative estimate of drug-likeness (QED) is 0.652. The van der Waals surface area contributed by atoms with E-state index >= 15 is 0 Å². The van der Waals surface area contributed by atoms with Crippen molar-refractivity contribution in [2.24, 2.45) is 0 Å². The van der Waals surface area contributed by atoms with Crippen molar-refractivity contribution < 1.29 is 0 Å². The van der Waals surface area contributed by atoms with Gasteiger partial charge in [0.05, 0.1) is 0 Å². The van der Waals surface area contributed by atoms with Crippen molar-refractivity contribution in [1.29, 1.82) is 0 Å². The summed E-state index contributed by atoms with van der Waals surface area (Å²) >= 11 is 0. The van der Waals surface area contributed by atoms with E-state index in [4.69, 9.17) is 0 Å². The minimum Gasteiger partial charge on any atom is -0.365 e. The molecule has 0 fully saturated rings. The van der Waals surface area contributed by atoms with Crippen LogP contribution in [-0.4, -0.2) is 13.8 Å². The van der Waals surface area contributed by atoms with Crippen molar-refractivity contribution in [1.82, 2.24) is 4.98 Å². The van der Waals surface area contributed by atoms with Crippen LogP contribution in [0.4, 0.5) is 0 Å². The highest BCUT2D eigenvalue weighted by atomic mass is 28.3. The molecule has 0 spiro atoms. The molecule has 2 heteroatoms. The van der Waals surface area contributed by atoms with Gasteiger partial charge in [-0.3, -0.25) is 0 Å². The molecule has 1 nitrogen and oxygen atoms in total. The molecule has 1 aromatic heterocycles. The molecule has 57 valence electrons. The van der Waals surface area contributed by atoms with Crippen LogP contribution in [0.5, 0.6) is 0 Å². The largest absolute Gasteiger partial charge is 0.365 e. The summed E-state index contributed by atoms with van der Waals surface area (Å²) in [5, 5.41) is 0. The summed E-state index contributed by atoms with van der Waals surface area (Å²) in [6.45, 7) is 7.55. The number of H-pyrrole nitrogens is 1. The van der Waals surface area contributed by atoms with Gasteiger partial charge in [0.1, 0.15) is 8.80 Å². The fourth-order valence-corrected chi connectivity index (χ4v) is 2.04. The second kappa shape index (κ2) is 3.98. The van der Waals surface area contributed by atoms with Gasteiger partial charge >= 0.3 is 0 Å². The smallest absolute Gasteiger partial charge is 0.108 e. The maximum atomic E-state index is 3.77. The van der Waals surface area contributed by atoms with Crippen LogP contribution in [0.15, 0.2) is 42.9 Å². The van der Waals surface area contributed by atoms with Crippen molar-refractivity contribution in [2.75, 3.05) is 0 Å². The van der Waals surface area contributed by atoms with E-state index in [1.165, 1.54) is 5.69 Å². The summed E-state index contributed by atoms with van der Waals surface area (Å²) in [6.07, 6.45) is 1.95. The van der Waals surface area contributed by atoms with Gasteiger partial charge in [-0.15, -0.1) is 13.2 Å². The third-order valence-corrected chi connectivity index (χ3v) is 3.42. The SMILES string of the molecule is C=C[Si](C=C)Cc1ccc[nH]1. The normalized spacial score (nSPS) is 9.91. The Labute approximate surface area is 69.1 Å². The van der Waals surface area contributed by atoms with Gasteiger partial charge in [0, 0.05) is 11.9 Å². The molecule has 1 rings (SSSR count). The lowest BCUT2D eigenvalue weighted by Gasteiger charge is -2.00. The van der Waals surface area contributed by atoms with Crippen LogP contribution >= 0.6 is 0 Å². The van der Waals surface area contributed by atoms with Crippen molar-refractivity contribution >= 4 is 8.80 Å². The molecule has 1 heterocycles. The van der Waals surface area contributed by atoms with Gasteiger partial charge in [-0.25, -0.2) is 0 Å². The molecule has 11 heavy (non-hydrogen) atoms. The Morgan fingerprint density at radius 1 is 1.45 bits per heavy atom. The summed E-state index contributed by atoms with van der Waals surface area (Å²) in [4.78, 5) is 3.17. The van der Waals surface area contributed by atoms with Gasteiger partial charge in [-0.2, -0.15) is 0 Å². The van der Waals surface area contributed by atoms with Crippen molar-refractivity contribution in [3.63, 3.8) is 0 Å². The number of aromatic amines is 1. The zero-order chi connectivity index (χ0) is 8.10. The first-order chi connectivity index (χ1) is 5.36. The Kier molecular flexibility index (Phi) is 2.92. The predicted octanol–water partition coefficient (Wildman–Crippen LogP) is 2.04. The van der Waals surface area contributed by atoms with Gasteiger partial charge in [-0.1, -0.05) is 11.4 Å². The predicted molar refractivity (Wildman–Crippen MR) is 50.6 cm³/mol. The molecule has 1 radical (unpaired) electrons. The first-order valence-corrected chi connectivity index (χ1v) is 5.46. The van der Waals surface area contributed by atoms with Crippen LogP contribution < -0.4 is 0 Å². The third kappa shape index (κ3) is 2.24. The van der Waals surface area contributed by atoms with Gasteiger partial charge in [0.2, 0.25) is 0 Å². The van der Waals surface area contributed by atoms with E-state index in [-0.39, 0.29) is 0 Å². The van der Waals surface area contributed by atoms with Gasteiger partial charge in [0.25, 0.3) is 0 Å². The molecule has 0 saturated carbocycles. The highest BCUT2D eigenvalue weighted by Crippen LogP contribution is 2.00. The molecule has 1 aromatic rings. The minimum absolute atomic E-state index is 0.549. The van der Waals surface area contributed by atoms with E-state index in [1.807, 2.05) is 23.7 Å². The molecule has 0 aliphatic heterocycles. The van der Waals surface area contributed by atoms with E-state index in [1.54, 1.807) is 0 Å². The molecule has 0 aliphatic carbocycles. The number of hydrogen-bond acceptors (Lipinski definition) is 0. The minimum atomic E-state index is -0.549. The molecule has 0 atom stereocenters. The van der Waals surface area contributed by atoms with Crippen LogP contribution in [0.3, 0.4) is 0 Å². The summed E-state index contributed by atoms with van der Waals surface area (Å²) in [7, 11) is -0.549. The Morgan fingerprint density at radius 2 is 2.18 bits per heavy atom. The van der Waals surface area contributed by atoms with E-state index in [0.29, 0.717) is 0 Å². The fourth-order valence-electron chi connectivity index (χ4n) is 0.925. The van der Waals surface area contributed by atoms with E-state index in [9.17, 15) is 0 Å². The average Bonchev–Trinajstić information content (AvgIpc) is 2.52. The fraction of sp³-hybridized carbons (Fsp3) is 0.111. The highest BCUT2D eigenvalue weighted by molar-refractivity contribution is 6.68. The number of hydrogen-bond donors (Lipinski definition) is 1. The maximum Gasteiger partial charge on any atom is 0.108 e. The highest BCUT2D eigenvalue weighted by Gasteiger charge is 2.02. The van der Waals surface area contributed by atoms with Crippen LogP contribution in [-0.2, 0) is 6.04 Å². The topological polar surface area (TPSA) is 15.8 Å². The summed E-state index contributed by atoms with van der Waals surface area (Å²) in [5.41, 5.74) is 5.30. The van der Waals surface area contributed by atoms with Crippen molar-refractivity contribution in [3.05, 3.63) is 48.6 Å². The summed E-state index contributed by atoms with van der Waals surface area (Å²) in [5.74, 6) is 0. The Morgan fingerprint density at radius 3 is 2.64 bits per heavy atom. The standard InChI is InChI=1S/C9H12NSi/c1-3-11(4-2)8-9-6-5-7-10-9/h3-7,10H,1-2,8H2. The third-order valence-electron chi connectivity index (χ3n) is 1.58. The zero-order valence-electron chi connectivity index (χ0n) is 6.51. The first-order valence-electron chi connectivity index (χ1n) is 3.59. The van der Waals surface area contributed by atoms with Gasteiger partial charge in [-0.05, 0) is 18.2 Å². The average molecular weight is 162 g/mol. The molecule has 1 N–H and O–H groups in total. The molecule has 0 amide bonds. The Bertz CT molecular complexity index is 218. The molecule has 0 aromatic carbocycles. The monoisotopic (exact) mass is 162 g/mol. The lowest BCUT2D eigenvalue weighted by atomic mass is 10.5. The first kappa shape index (κ1) is 8.08. The lowest BCUT2D eigenvalue weighted by Crippen LogP contribution is -2.10. The summed E-state index contributed by atoms with van der Waals surface area (Å²) < 4.78 is 0. The molecule has 0 aliphatic rings. The van der Waals surface area contributed by atoms with Crippen molar-refractivity contribution in [3.8, 4) is 0 Å². The second-order valence-corrected chi connectivity index (χ2v) is 4.68. The molecular formula is C9H12NSi. The van der Waals surface area contributed by atoms with Gasteiger partial charge in [0.15, 0.2) is 0 Å². The maximum absolute atomic E-state index is 3.77. The molecular weight excluding hydrogens is 150 g/mol. The summed E-state index contributed by atoms with van der Waals surface area (Å²) in [6, 6.07) is 5.18. The molecule has 0 unspecified atom stereocenters. The molecule has 0 bridgehead atoms. The van der Waals surface area contributed by atoms with E-state index in [0.717, 1.165) is 6.04 Å². The van der Waals surface area contributed by atoms with Crippen LogP contribution in [0, 0.1) is 0 Å². The van der Waals surface area contributed by atoms with Crippen LogP contribution in [0.25, 0.3) is 0 Å². The zero-order valence-corrected chi connectivity index (χ0v) is 7.51. The Hall–Kier alpha value is -1.02. The number of rotatable bonds is 4. The van der Waals surface area contributed by atoms with Gasteiger partial charge < -0.3 is 4.98 Å². The van der Waals surface area contributed by atoms with Crippen LogP contribution in [0.1, 0.15) is 5.69 Å². The number of aromatic nitrogens is 1. The van der Waals surface area contributed by atoms with E-state index < -0.39 is 8.80 Å². The van der Waals surface area contributed by atoms with Crippen molar-refractivity contribution in [2.45, 2.75) is 6.04 Å². The number of nitrogens with one attached hydrogen (secondary N) is 1. The van der Waals surface area contributed by atoms with Crippen LogP contribution in [0.2, 0.25) is 0 Å². The second-order valence-electron chi connectivity index (χ2n) is 2.36. The molecule has 0 saturated heterocycles. The van der Waals surface area contributed by atoms with E-state index in [2.05, 4.69) is 24.2 Å².